The number of hydrogen-bond acceptors (Lipinski definition) is 2. The predicted octanol–water partition coefficient (Wildman–Crippen LogP) is 3.02. The zero-order valence-corrected chi connectivity index (χ0v) is 15.7. The van der Waals surface area contributed by atoms with E-state index in [-0.39, 0.29) is 5.91 Å². The molecule has 1 aromatic heterocycles. The van der Waals surface area contributed by atoms with E-state index in [2.05, 4.69) is 48.0 Å². The molecule has 0 aliphatic heterocycles. The van der Waals surface area contributed by atoms with Crippen LogP contribution in [0.2, 0.25) is 0 Å². The number of aliphatic carboxylic acids is 1. The first-order valence-electron chi connectivity index (χ1n) is 8.95. The van der Waals surface area contributed by atoms with E-state index in [9.17, 15) is 9.59 Å². The van der Waals surface area contributed by atoms with Crippen LogP contribution in [0.1, 0.15) is 37.6 Å². The van der Waals surface area contributed by atoms with Crippen molar-refractivity contribution in [3.8, 4) is 11.1 Å². The molecule has 138 valence electrons. The monoisotopic (exact) mass is 355 g/mol. The van der Waals surface area contributed by atoms with Crippen molar-refractivity contribution < 1.29 is 19.3 Å². The van der Waals surface area contributed by atoms with Gasteiger partial charge in [0.1, 0.15) is 12.6 Å². The second kappa shape index (κ2) is 9.13. The molecule has 0 saturated heterocycles. The van der Waals surface area contributed by atoms with Crippen LogP contribution in [0.15, 0.2) is 42.5 Å². The van der Waals surface area contributed by atoms with Gasteiger partial charge in [0.05, 0.1) is 0 Å². The first-order chi connectivity index (χ1) is 12.4. The number of pyridine rings is 1. The number of aryl methyl sites for hydroxylation is 2. The van der Waals surface area contributed by atoms with E-state index in [1.807, 2.05) is 18.2 Å². The zero-order chi connectivity index (χ0) is 19.1. The van der Waals surface area contributed by atoms with Gasteiger partial charge >= 0.3 is 5.97 Å². The molecular weight excluding hydrogens is 328 g/mol. The van der Waals surface area contributed by atoms with Crippen molar-refractivity contribution in [3.63, 3.8) is 0 Å². The fourth-order valence-electron chi connectivity index (χ4n) is 3.20. The summed E-state index contributed by atoms with van der Waals surface area (Å²) in [7, 11) is 0. The quantitative estimate of drug-likeness (QED) is 0.565. The summed E-state index contributed by atoms with van der Waals surface area (Å²) in [5, 5.41) is 11.6. The Labute approximate surface area is 154 Å². The lowest BCUT2D eigenvalue weighted by Crippen LogP contribution is -2.41. The van der Waals surface area contributed by atoms with Crippen molar-refractivity contribution in [3.05, 3.63) is 53.9 Å². The maximum Gasteiger partial charge on any atom is 0.326 e. The normalized spacial score (nSPS) is 11.8. The van der Waals surface area contributed by atoms with Gasteiger partial charge < -0.3 is 10.4 Å². The Bertz CT molecular complexity index is 749. The highest BCUT2D eigenvalue weighted by atomic mass is 16.4. The van der Waals surface area contributed by atoms with E-state index in [1.165, 1.54) is 29.4 Å². The van der Waals surface area contributed by atoms with Gasteiger partial charge in [-0.3, -0.25) is 4.79 Å². The van der Waals surface area contributed by atoms with Crippen molar-refractivity contribution in [2.45, 2.75) is 52.6 Å². The average molecular weight is 355 g/mol. The van der Waals surface area contributed by atoms with E-state index >= 15 is 0 Å². The van der Waals surface area contributed by atoms with Crippen LogP contribution < -0.4 is 9.88 Å². The number of aromatic nitrogens is 1. The molecule has 0 saturated carbocycles. The summed E-state index contributed by atoms with van der Waals surface area (Å²) in [6, 6.07) is 13.8. The Balaban J connectivity index is 1.98. The van der Waals surface area contributed by atoms with Gasteiger partial charge in [-0.1, -0.05) is 30.3 Å². The number of rotatable bonds is 8. The second-order valence-corrected chi connectivity index (χ2v) is 6.63. The molecule has 1 aromatic carbocycles. The average Bonchev–Trinajstić information content (AvgIpc) is 2.59. The molecule has 2 aromatic rings. The topological polar surface area (TPSA) is 70.3 Å². The Hall–Kier alpha value is -2.69. The number of carbonyl (C=O) groups excluding carboxylic acids is 1. The Kier molecular flexibility index (Phi) is 6.89. The van der Waals surface area contributed by atoms with E-state index in [0.717, 1.165) is 19.4 Å². The summed E-state index contributed by atoms with van der Waals surface area (Å²) in [6.07, 6.45) is 2.04. The standard InChI is InChI=1S/C21H26N2O3/c1-15-13-19(18-9-5-4-6-10-18)14-16(2)23(15)12-8-7-11-20(21(25)26)22-17(3)24/h4-6,9-10,13-14,20H,7-8,11-12H2,1-3H3,(H-,22,24,25,26)/p+1. The highest BCUT2D eigenvalue weighted by Crippen LogP contribution is 2.19. The van der Waals surface area contributed by atoms with E-state index in [0.29, 0.717) is 6.42 Å². The lowest BCUT2D eigenvalue weighted by Gasteiger charge is -2.13. The number of amides is 1. The van der Waals surface area contributed by atoms with Gasteiger partial charge in [-0.05, 0) is 24.0 Å². The van der Waals surface area contributed by atoms with Crippen LogP contribution in [0.3, 0.4) is 0 Å². The molecule has 1 amide bonds. The number of unbranched alkanes of at least 4 members (excludes halogenated alkanes) is 1. The van der Waals surface area contributed by atoms with E-state index in [4.69, 9.17) is 5.11 Å². The summed E-state index contributed by atoms with van der Waals surface area (Å²) < 4.78 is 2.25. The molecule has 0 aliphatic rings. The minimum absolute atomic E-state index is 0.310. The van der Waals surface area contributed by atoms with Crippen molar-refractivity contribution in [1.29, 1.82) is 0 Å². The number of nitrogens with one attached hydrogen (secondary N) is 1. The molecule has 0 aliphatic carbocycles. The molecule has 2 rings (SSSR count). The molecule has 5 heteroatoms. The lowest BCUT2D eigenvalue weighted by molar-refractivity contribution is -0.708. The Morgan fingerprint density at radius 2 is 1.65 bits per heavy atom. The smallest absolute Gasteiger partial charge is 0.326 e. The third-order valence-electron chi connectivity index (χ3n) is 4.49. The molecule has 1 atom stereocenters. The molecule has 5 nitrogen and oxygen atoms in total. The van der Waals surface area contributed by atoms with Crippen molar-refractivity contribution in [1.82, 2.24) is 5.32 Å². The summed E-state index contributed by atoms with van der Waals surface area (Å²) in [4.78, 5) is 22.2. The van der Waals surface area contributed by atoms with Gasteiger partial charge in [0, 0.05) is 39.3 Å². The minimum Gasteiger partial charge on any atom is -0.480 e. The maximum atomic E-state index is 11.2. The first-order valence-corrected chi connectivity index (χ1v) is 8.95. The van der Waals surface area contributed by atoms with Crippen LogP contribution in [-0.4, -0.2) is 23.0 Å². The van der Waals surface area contributed by atoms with Crippen LogP contribution in [0.5, 0.6) is 0 Å². The summed E-state index contributed by atoms with van der Waals surface area (Å²) in [6.45, 7) is 6.36. The molecule has 1 heterocycles. The Morgan fingerprint density at radius 3 is 2.19 bits per heavy atom. The summed E-state index contributed by atoms with van der Waals surface area (Å²) in [5.41, 5.74) is 4.76. The molecular formula is C21H27N2O3+. The van der Waals surface area contributed by atoms with Crippen LogP contribution in [0, 0.1) is 13.8 Å². The number of carboxylic acids is 1. The summed E-state index contributed by atoms with van der Waals surface area (Å²) >= 11 is 0. The largest absolute Gasteiger partial charge is 0.480 e. The minimum atomic E-state index is -0.979. The van der Waals surface area contributed by atoms with Crippen molar-refractivity contribution >= 4 is 11.9 Å². The molecule has 0 bridgehead atoms. The maximum absolute atomic E-state index is 11.2. The van der Waals surface area contributed by atoms with Crippen LogP contribution in [0.25, 0.3) is 11.1 Å². The predicted molar refractivity (Wildman–Crippen MR) is 101 cm³/mol. The van der Waals surface area contributed by atoms with Gasteiger partial charge in [-0.2, -0.15) is 0 Å². The fourth-order valence-corrected chi connectivity index (χ4v) is 3.20. The van der Waals surface area contributed by atoms with Gasteiger partial charge in [-0.15, -0.1) is 0 Å². The number of carbonyl (C=O) groups is 2. The third kappa shape index (κ3) is 5.41. The molecule has 0 fully saturated rings. The first kappa shape index (κ1) is 19.6. The van der Waals surface area contributed by atoms with E-state index < -0.39 is 12.0 Å². The van der Waals surface area contributed by atoms with E-state index in [1.54, 1.807) is 0 Å². The van der Waals surface area contributed by atoms with Gasteiger partial charge in [0.2, 0.25) is 5.91 Å². The van der Waals surface area contributed by atoms with Crippen molar-refractivity contribution in [2.24, 2.45) is 0 Å². The van der Waals surface area contributed by atoms with Gasteiger partial charge in [0.25, 0.3) is 0 Å². The second-order valence-electron chi connectivity index (χ2n) is 6.63. The van der Waals surface area contributed by atoms with Crippen LogP contribution in [-0.2, 0) is 16.1 Å². The Morgan fingerprint density at radius 1 is 1.04 bits per heavy atom. The van der Waals surface area contributed by atoms with Crippen molar-refractivity contribution in [2.75, 3.05) is 0 Å². The zero-order valence-electron chi connectivity index (χ0n) is 15.7. The number of carboxylic acid groups (broad SMARTS) is 1. The molecule has 0 spiro atoms. The van der Waals surface area contributed by atoms with Gasteiger partial charge in [-0.25, -0.2) is 9.36 Å². The fraction of sp³-hybridized carbons (Fsp3) is 0.381. The highest BCUT2D eigenvalue weighted by Gasteiger charge is 2.18. The van der Waals surface area contributed by atoms with Crippen LogP contribution >= 0.6 is 0 Å². The molecule has 0 radical (unpaired) electrons. The molecule has 26 heavy (non-hydrogen) atoms. The number of hydrogen-bond donors (Lipinski definition) is 2. The number of benzene rings is 1. The lowest BCUT2D eigenvalue weighted by atomic mass is 10.0. The SMILES string of the molecule is CC(=O)NC(CCCC[n+]1c(C)cc(-c2ccccc2)cc1C)C(=O)O. The molecule has 1 unspecified atom stereocenters. The third-order valence-corrected chi connectivity index (χ3v) is 4.49. The summed E-state index contributed by atoms with van der Waals surface area (Å²) in [5.74, 6) is -1.29. The highest BCUT2D eigenvalue weighted by molar-refractivity contribution is 5.81. The number of nitrogens with zero attached hydrogens (tertiary/aromatic N) is 1. The van der Waals surface area contributed by atoms with Gasteiger partial charge in [0.15, 0.2) is 11.4 Å². The van der Waals surface area contributed by atoms with Crippen LogP contribution in [0.4, 0.5) is 0 Å². The molecule has 2 N–H and O–H groups in total.